The molecule has 1 aromatic rings. The van der Waals surface area contributed by atoms with Crippen molar-refractivity contribution in [3.05, 3.63) is 18.2 Å². The van der Waals surface area contributed by atoms with E-state index < -0.39 is 6.30 Å². The molecule has 74 valence electrons. The Balaban J connectivity index is 3.03. The molecule has 1 heterocycles. The van der Waals surface area contributed by atoms with Gasteiger partial charge in [0.05, 0.1) is 0 Å². The van der Waals surface area contributed by atoms with Crippen LogP contribution < -0.4 is 0 Å². The molecule has 0 amide bonds. The zero-order chi connectivity index (χ0) is 10.1. The van der Waals surface area contributed by atoms with Crippen molar-refractivity contribution in [3.63, 3.8) is 0 Å². The van der Waals surface area contributed by atoms with Gasteiger partial charge < -0.3 is 0 Å². The van der Waals surface area contributed by atoms with Gasteiger partial charge in [-0.1, -0.05) is 13.8 Å². The molecule has 0 aliphatic carbocycles. The average molecular weight is 192 g/mol. The second-order valence-corrected chi connectivity index (χ2v) is 2.93. The normalized spacial score (nSPS) is 14.5. The van der Waals surface area contributed by atoms with Crippen LogP contribution in [0.5, 0.6) is 0 Å². The quantitative estimate of drug-likeness (QED) is 0.704. The summed E-state index contributed by atoms with van der Waals surface area (Å²) in [7, 11) is 0. The Labute approximate surface area is 74.4 Å². The maximum atomic E-state index is 12.3. The molecule has 0 aliphatic heterocycles. The fraction of sp³-hybridized carbons (Fsp3) is 0.625. The highest BCUT2D eigenvalue weighted by molar-refractivity contribution is 4.99. The molecule has 5 heteroatoms. The fourth-order valence-corrected chi connectivity index (χ4v) is 1.08. The zero-order valence-corrected chi connectivity index (χ0v) is 7.47. The Morgan fingerprint density at radius 2 is 2.15 bits per heavy atom. The topological polar surface area (TPSA) is 17.8 Å². The molecule has 0 fully saturated rings. The Morgan fingerprint density at radius 1 is 1.54 bits per heavy atom. The van der Waals surface area contributed by atoms with Crippen molar-refractivity contribution in [2.45, 2.75) is 32.5 Å². The number of rotatable bonds is 2. The summed E-state index contributed by atoms with van der Waals surface area (Å²) < 4.78 is 37.2. The van der Waals surface area contributed by atoms with Gasteiger partial charge in [-0.25, -0.2) is 9.55 Å². The van der Waals surface area contributed by atoms with Crippen LogP contribution in [0, 0.1) is 0 Å². The van der Waals surface area contributed by atoms with Gasteiger partial charge in [0, 0.05) is 18.3 Å². The number of aromatic nitrogens is 2. The van der Waals surface area contributed by atoms with Crippen molar-refractivity contribution in [2.24, 2.45) is 0 Å². The van der Waals surface area contributed by atoms with Gasteiger partial charge in [0.25, 0.3) is 0 Å². The molecule has 13 heavy (non-hydrogen) atoms. The summed E-state index contributed by atoms with van der Waals surface area (Å²) >= 11 is 0. The monoisotopic (exact) mass is 192 g/mol. The highest BCUT2D eigenvalue weighted by Gasteiger charge is 2.33. The third kappa shape index (κ3) is 2.02. The summed E-state index contributed by atoms with van der Waals surface area (Å²) in [6, 6.07) is 0. The van der Waals surface area contributed by atoms with E-state index in [-0.39, 0.29) is 16.3 Å². The van der Waals surface area contributed by atoms with Crippen LogP contribution in [0.3, 0.4) is 0 Å². The number of nitrogens with zero attached hydrogens (tertiary/aromatic N) is 2. The fourth-order valence-electron chi connectivity index (χ4n) is 1.08. The van der Waals surface area contributed by atoms with Crippen molar-refractivity contribution < 1.29 is 13.2 Å². The van der Waals surface area contributed by atoms with E-state index in [9.17, 15) is 13.2 Å². The van der Waals surface area contributed by atoms with Crippen LogP contribution in [-0.4, -0.2) is 9.55 Å². The first kappa shape index (κ1) is 10.1. The standard InChI is InChI=1S/C8H11F3N2/c1-3-6(2)7-12-4-5-13(7)8(9,10)11/h4-6H,3H2,1-2H3. The highest BCUT2D eigenvalue weighted by atomic mass is 19.4. The highest BCUT2D eigenvalue weighted by Crippen LogP contribution is 2.27. The summed E-state index contributed by atoms with van der Waals surface area (Å²) in [6.07, 6.45) is -1.58. The maximum absolute atomic E-state index is 12.3. The van der Waals surface area contributed by atoms with E-state index in [1.54, 1.807) is 6.92 Å². The van der Waals surface area contributed by atoms with Crippen molar-refractivity contribution >= 4 is 0 Å². The lowest BCUT2D eigenvalue weighted by atomic mass is 10.1. The molecule has 1 atom stereocenters. The van der Waals surface area contributed by atoms with Crippen LogP contribution in [0.2, 0.25) is 0 Å². The molecule has 1 unspecified atom stereocenters. The van der Waals surface area contributed by atoms with Crippen LogP contribution in [0.4, 0.5) is 13.2 Å². The Bertz CT molecular complexity index is 277. The van der Waals surface area contributed by atoms with Gasteiger partial charge >= 0.3 is 6.30 Å². The van der Waals surface area contributed by atoms with Crippen molar-refractivity contribution in [3.8, 4) is 0 Å². The first-order chi connectivity index (χ1) is 5.96. The molecule has 1 aromatic heterocycles. The number of alkyl halides is 3. The van der Waals surface area contributed by atoms with E-state index in [1.165, 1.54) is 6.20 Å². The number of hydrogen-bond acceptors (Lipinski definition) is 1. The first-order valence-corrected chi connectivity index (χ1v) is 4.07. The molecule has 0 saturated heterocycles. The second-order valence-electron chi connectivity index (χ2n) is 2.93. The Kier molecular flexibility index (Phi) is 2.63. The molecule has 0 aromatic carbocycles. The molecule has 0 bridgehead atoms. The minimum absolute atomic E-state index is 0.0787. The van der Waals surface area contributed by atoms with Crippen molar-refractivity contribution in [2.75, 3.05) is 0 Å². The summed E-state index contributed by atoms with van der Waals surface area (Å²) in [5.74, 6) is -0.0911. The number of halogens is 3. The van der Waals surface area contributed by atoms with Gasteiger partial charge in [0.1, 0.15) is 5.82 Å². The Morgan fingerprint density at radius 3 is 2.62 bits per heavy atom. The van der Waals surface area contributed by atoms with Crippen molar-refractivity contribution in [1.29, 1.82) is 0 Å². The zero-order valence-electron chi connectivity index (χ0n) is 7.47. The van der Waals surface area contributed by atoms with E-state index in [0.29, 0.717) is 6.42 Å². The predicted molar refractivity (Wildman–Crippen MR) is 42.2 cm³/mol. The van der Waals surface area contributed by atoms with E-state index in [1.807, 2.05) is 6.92 Å². The summed E-state index contributed by atoms with van der Waals surface area (Å²) in [5.41, 5.74) is 0. The van der Waals surface area contributed by atoms with Crippen molar-refractivity contribution in [1.82, 2.24) is 9.55 Å². The number of hydrogen-bond donors (Lipinski definition) is 0. The maximum Gasteiger partial charge on any atom is 0.489 e. The molecule has 0 radical (unpaired) electrons. The lowest BCUT2D eigenvalue weighted by molar-refractivity contribution is -0.205. The minimum Gasteiger partial charge on any atom is -0.245 e. The van der Waals surface area contributed by atoms with Gasteiger partial charge in [-0.2, -0.15) is 0 Å². The molecule has 0 N–H and O–H groups in total. The molecular weight excluding hydrogens is 181 g/mol. The third-order valence-corrected chi connectivity index (χ3v) is 2.00. The lowest BCUT2D eigenvalue weighted by Crippen LogP contribution is -2.19. The minimum atomic E-state index is -4.35. The molecular formula is C8H11F3N2. The summed E-state index contributed by atoms with van der Waals surface area (Å²) in [4.78, 5) is 3.70. The average Bonchev–Trinajstić information content (AvgIpc) is 2.49. The number of imidazole rings is 1. The second kappa shape index (κ2) is 3.40. The van der Waals surface area contributed by atoms with Crippen LogP contribution >= 0.6 is 0 Å². The van der Waals surface area contributed by atoms with Crippen LogP contribution in [0.25, 0.3) is 0 Å². The smallest absolute Gasteiger partial charge is 0.245 e. The summed E-state index contributed by atoms with van der Waals surface area (Å²) in [5, 5.41) is 0. The van der Waals surface area contributed by atoms with Gasteiger partial charge in [-0.15, -0.1) is 13.2 Å². The van der Waals surface area contributed by atoms with Gasteiger partial charge in [0.15, 0.2) is 0 Å². The third-order valence-electron chi connectivity index (χ3n) is 2.00. The lowest BCUT2D eigenvalue weighted by Gasteiger charge is -2.14. The molecule has 0 aliphatic rings. The van der Waals surface area contributed by atoms with Crippen LogP contribution in [0.15, 0.2) is 12.4 Å². The van der Waals surface area contributed by atoms with Gasteiger partial charge in [0.2, 0.25) is 0 Å². The SMILES string of the molecule is CCC(C)c1nccn1C(F)(F)F. The summed E-state index contributed by atoms with van der Waals surface area (Å²) in [6.45, 7) is 3.56. The molecule has 2 nitrogen and oxygen atoms in total. The van der Waals surface area contributed by atoms with E-state index in [0.717, 1.165) is 6.20 Å². The van der Waals surface area contributed by atoms with Gasteiger partial charge in [-0.05, 0) is 6.42 Å². The van der Waals surface area contributed by atoms with E-state index in [4.69, 9.17) is 0 Å². The predicted octanol–water partition coefficient (Wildman–Crippen LogP) is 2.87. The van der Waals surface area contributed by atoms with E-state index >= 15 is 0 Å². The van der Waals surface area contributed by atoms with Crippen LogP contribution in [0.1, 0.15) is 32.0 Å². The van der Waals surface area contributed by atoms with Crippen LogP contribution in [-0.2, 0) is 6.30 Å². The Hall–Kier alpha value is -1.00. The van der Waals surface area contributed by atoms with Gasteiger partial charge in [-0.3, -0.25) is 0 Å². The molecule has 0 saturated carbocycles. The molecule has 1 rings (SSSR count). The largest absolute Gasteiger partial charge is 0.489 e. The van der Waals surface area contributed by atoms with E-state index in [2.05, 4.69) is 4.98 Å². The molecule has 0 spiro atoms. The first-order valence-electron chi connectivity index (χ1n) is 4.07.